The molecule has 0 spiro atoms. The number of halogens is 14. The van der Waals surface area contributed by atoms with E-state index in [0.29, 0.717) is 4.90 Å². The summed E-state index contributed by atoms with van der Waals surface area (Å²) in [6.07, 6.45) is -13.8. The van der Waals surface area contributed by atoms with Crippen LogP contribution in [0.15, 0.2) is 57.5 Å². The van der Waals surface area contributed by atoms with Crippen LogP contribution in [0.25, 0.3) is 0 Å². The summed E-state index contributed by atoms with van der Waals surface area (Å²) < 4.78 is 163. The molecule has 18 heteroatoms. The van der Waals surface area contributed by atoms with Crippen LogP contribution < -0.4 is 10.2 Å². The van der Waals surface area contributed by atoms with Crippen molar-refractivity contribution in [1.29, 1.82) is 0 Å². The molecule has 3 rings (SSSR count). The average Bonchev–Trinajstić information content (AvgIpc) is 2.88. The van der Waals surface area contributed by atoms with E-state index < -0.39 is 90.2 Å². The van der Waals surface area contributed by atoms with Crippen molar-refractivity contribution >= 4 is 55.0 Å². The molecular formula is C25H12Br2F12N2O2. The number of nitrogens with zero attached hydrogens (tertiary/aromatic N) is 1. The predicted octanol–water partition coefficient (Wildman–Crippen LogP) is 9.08. The van der Waals surface area contributed by atoms with Gasteiger partial charge in [0.2, 0.25) is 0 Å². The van der Waals surface area contributed by atoms with Crippen molar-refractivity contribution in [2.45, 2.75) is 23.9 Å². The zero-order chi connectivity index (χ0) is 32.9. The SMILES string of the molecule is CN(C(=O)c1c(F)cccc1F)c1cccc(C(=O)Nc2c(Br)cc(C(F)(C(F)(F)F)C(F)(F)C(F)(F)F)cc2Br)c1F. The lowest BCUT2D eigenvalue weighted by atomic mass is 9.87. The van der Waals surface area contributed by atoms with Crippen LogP contribution in [-0.2, 0) is 5.67 Å². The van der Waals surface area contributed by atoms with Crippen molar-refractivity contribution in [2.75, 3.05) is 17.3 Å². The van der Waals surface area contributed by atoms with Crippen molar-refractivity contribution in [2.24, 2.45) is 0 Å². The first kappa shape index (κ1) is 34.2. The molecule has 43 heavy (non-hydrogen) atoms. The smallest absolute Gasteiger partial charge is 0.320 e. The third kappa shape index (κ3) is 5.94. The van der Waals surface area contributed by atoms with E-state index in [4.69, 9.17) is 0 Å². The summed E-state index contributed by atoms with van der Waals surface area (Å²) in [5.74, 6) is -13.7. The van der Waals surface area contributed by atoms with Gasteiger partial charge in [-0.25, -0.2) is 17.6 Å². The lowest BCUT2D eigenvalue weighted by Crippen LogP contribution is -2.59. The van der Waals surface area contributed by atoms with Gasteiger partial charge in [-0.2, -0.15) is 35.1 Å². The minimum atomic E-state index is -6.97. The van der Waals surface area contributed by atoms with Crippen molar-refractivity contribution in [3.05, 3.63) is 91.6 Å². The van der Waals surface area contributed by atoms with E-state index in [9.17, 15) is 57.9 Å². The summed E-state index contributed by atoms with van der Waals surface area (Å²) in [6.45, 7) is 0. The quantitative estimate of drug-likeness (QED) is 0.255. The second-order valence-electron chi connectivity index (χ2n) is 8.60. The highest BCUT2D eigenvalue weighted by Crippen LogP contribution is 2.59. The first-order valence-corrected chi connectivity index (χ1v) is 12.7. The summed E-state index contributed by atoms with van der Waals surface area (Å²) in [5.41, 5.74) is -11.7. The van der Waals surface area contributed by atoms with E-state index in [-0.39, 0.29) is 12.1 Å². The van der Waals surface area contributed by atoms with E-state index in [0.717, 1.165) is 43.4 Å². The van der Waals surface area contributed by atoms with E-state index >= 15 is 4.39 Å². The number of hydrogen-bond donors (Lipinski definition) is 1. The molecule has 1 atom stereocenters. The number of carbonyl (C=O) groups is 2. The number of anilines is 2. The molecular weight excluding hydrogens is 748 g/mol. The number of alkyl halides is 9. The lowest BCUT2D eigenvalue weighted by molar-refractivity contribution is -0.389. The van der Waals surface area contributed by atoms with Gasteiger partial charge < -0.3 is 10.2 Å². The average molecular weight is 760 g/mol. The molecule has 0 saturated carbocycles. The number of nitrogens with one attached hydrogen (secondary N) is 1. The molecule has 0 heterocycles. The van der Waals surface area contributed by atoms with Gasteiger partial charge in [0.05, 0.1) is 16.9 Å². The molecule has 0 bridgehead atoms. The van der Waals surface area contributed by atoms with Crippen LogP contribution in [-0.4, -0.2) is 37.1 Å². The highest BCUT2D eigenvalue weighted by atomic mass is 79.9. The second-order valence-corrected chi connectivity index (χ2v) is 10.3. The molecule has 0 saturated heterocycles. The fourth-order valence-electron chi connectivity index (χ4n) is 3.72. The van der Waals surface area contributed by atoms with E-state index in [2.05, 4.69) is 31.9 Å². The Balaban J connectivity index is 2.02. The number of hydrogen-bond acceptors (Lipinski definition) is 2. The molecule has 0 aromatic heterocycles. The van der Waals surface area contributed by atoms with Gasteiger partial charge >= 0.3 is 23.9 Å². The zero-order valence-electron chi connectivity index (χ0n) is 20.7. The summed E-state index contributed by atoms with van der Waals surface area (Å²) >= 11 is 5.14. The molecule has 2 amide bonds. The van der Waals surface area contributed by atoms with Crippen LogP contribution in [0.1, 0.15) is 26.3 Å². The standard InChI is InChI=1S/C25H12Br2F12N2O2/c1-41(21(43)17-14(28)5-3-6-15(17)29)16-7-2-4-11(18(16)30)20(42)40-19-12(26)8-10(9-13(19)27)22(31,24(34,35)36)23(32,33)25(37,38)39/h2-9H,1H3,(H,40,42). The Morgan fingerprint density at radius 2 is 1.26 bits per heavy atom. The van der Waals surface area contributed by atoms with Gasteiger partial charge in [0.1, 0.15) is 17.2 Å². The highest BCUT2D eigenvalue weighted by Gasteiger charge is 2.81. The summed E-state index contributed by atoms with van der Waals surface area (Å²) in [7, 11) is 0.917. The Hall–Kier alpha value is -3.28. The number of carbonyl (C=O) groups excluding carboxylic acids is 2. The molecule has 0 radical (unpaired) electrons. The molecule has 1 N–H and O–H groups in total. The topological polar surface area (TPSA) is 49.4 Å². The first-order chi connectivity index (χ1) is 19.6. The maximum atomic E-state index is 15.3. The van der Waals surface area contributed by atoms with Gasteiger partial charge in [-0.15, -0.1) is 0 Å². The normalized spacial score (nSPS) is 13.8. The highest BCUT2D eigenvalue weighted by molar-refractivity contribution is 9.11. The van der Waals surface area contributed by atoms with Crippen LogP contribution in [0, 0.1) is 17.5 Å². The van der Waals surface area contributed by atoms with E-state index in [1.165, 1.54) is 0 Å². The Labute approximate surface area is 249 Å². The maximum Gasteiger partial charge on any atom is 0.457 e. The minimum absolute atomic E-state index is 0.0876. The Kier molecular flexibility index (Phi) is 9.28. The molecule has 0 aliphatic carbocycles. The molecule has 3 aromatic rings. The predicted molar refractivity (Wildman–Crippen MR) is 135 cm³/mol. The molecule has 1 unspecified atom stereocenters. The summed E-state index contributed by atoms with van der Waals surface area (Å²) in [6, 6.07) is 5.13. The van der Waals surface area contributed by atoms with Crippen LogP contribution in [0.5, 0.6) is 0 Å². The second kappa shape index (κ2) is 11.7. The number of benzene rings is 3. The third-order valence-corrected chi connectivity index (χ3v) is 7.17. The van der Waals surface area contributed by atoms with Crippen LogP contribution in [0.2, 0.25) is 0 Å². The van der Waals surface area contributed by atoms with Crippen molar-refractivity contribution in [3.8, 4) is 0 Å². The molecule has 0 aliphatic heterocycles. The van der Waals surface area contributed by atoms with Crippen LogP contribution in [0.3, 0.4) is 0 Å². The first-order valence-electron chi connectivity index (χ1n) is 11.1. The zero-order valence-corrected chi connectivity index (χ0v) is 23.8. The minimum Gasteiger partial charge on any atom is -0.320 e. The molecule has 232 valence electrons. The van der Waals surface area contributed by atoms with E-state index in [1.807, 2.05) is 5.32 Å². The van der Waals surface area contributed by atoms with E-state index in [1.54, 1.807) is 0 Å². The van der Waals surface area contributed by atoms with Gasteiger partial charge in [0.25, 0.3) is 11.8 Å². The number of amides is 2. The molecule has 3 aromatic carbocycles. The monoisotopic (exact) mass is 758 g/mol. The molecule has 4 nitrogen and oxygen atoms in total. The largest absolute Gasteiger partial charge is 0.457 e. The van der Waals surface area contributed by atoms with Gasteiger partial charge in [-0.1, -0.05) is 12.1 Å². The van der Waals surface area contributed by atoms with Gasteiger partial charge in [0.15, 0.2) is 5.82 Å². The summed E-state index contributed by atoms with van der Waals surface area (Å²) in [4.78, 5) is 26.0. The summed E-state index contributed by atoms with van der Waals surface area (Å²) in [5, 5.41) is 1.96. The Bertz CT molecular complexity index is 1550. The van der Waals surface area contributed by atoms with Crippen molar-refractivity contribution in [1.82, 2.24) is 0 Å². The van der Waals surface area contributed by atoms with Gasteiger partial charge in [-0.05, 0) is 68.3 Å². The molecule has 0 aliphatic rings. The Morgan fingerprint density at radius 1 is 0.767 bits per heavy atom. The fourth-order valence-corrected chi connectivity index (χ4v) is 5.11. The third-order valence-electron chi connectivity index (χ3n) is 5.92. The fraction of sp³-hybridized carbons (Fsp3) is 0.200. The number of rotatable bonds is 6. The Morgan fingerprint density at radius 3 is 1.72 bits per heavy atom. The van der Waals surface area contributed by atoms with Crippen molar-refractivity contribution in [3.63, 3.8) is 0 Å². The van der Waals surface area contributed by atoms with Gasteiger partial charge in [-0.3, -0.25) is 9.59 Å². The lowest BCUT2D eigenvalue weighted by Gasteiger charge is -2.36. The van der Waals surface area contributed by atoms with Crippen molar-refractivity contribution < 1.29 is 62.3 Å². The van der Waals surface area contributed by atoms with Crippen LogP contribution >= 0.6 is 31.9 Å². The van der Waals surface area contributed by atoms with Gasteiger partial charge in [0, 0.05) is 21.6 Å². The maximum absolute atomic E-state index is 15.3. The van der Waals surface area contributed by atoms with Crippen LogP contribution in [0.4, 0.5) is 64.1 Å². The molecule has 0 fully saturated rings.